The number of hydrogen-bond acceptors (Lipinski definition) is 7. The smallest absolute Gasteiger partial charge is 0.243 e. The molecule has 0 saturated carbocycles. The van der Waals surface area contributed by atoms with Crippen LogP contribution in [0.4, 0.5) is 0 Å². The number of amides is 2. The van der Waals surface area contributed by atoms with Crippen LogP contribution in [-0.4, -0.2) is 75.5 Å². The first-order chi connectivity index (χ1) is 17.4. The first-order valence-electron chi connectivity index (χ1n) is 11.8. The average molecular weight is 495 g/mol. The van der Waals surface area contributed by atoms with Crippen molar-refractivity contribution >= 4 is 22.6 Å². The number of aliphatic hydroxyl groups is 4. The number of carbonyl (C=O) groups excluding carboxylic acids is 2. The third-order valence-electron chi connectivity index (χ3n) is 6.32. The van der Waals surface area contributed by atoms with Gasteiger partial charge in [-0.1, -0.05) is 72.8 Å². The Morgan fingerprint density at radius 2 is 1.56 bits per heavy atom. The highest BCUT2D eigenvalue weighted by molar-refractivity contribution is 5.90. The molecule has 1 aliphatic heterocycles. The Balaban J connectivity index is 1.48. The van der Waals surface area contributed by atoms with Crippen molar-refractivity contribution in [1.82, 2.24) is 10.6 Å². The predicted molar refractivity (Wildman–Crippen MR) is 132 cm³/mol. The molecule has 0 aliphatic carbocycles. The lowest BCUT2D eigenvalue weighted by molar-refractivity contribution is -0.254. The third-order valence-corrected chi connectivity index (χ3v) is 6.32. The van der Waals surface area contributed by atoms with Crippen LogP contribution in [0.5, 0.6) is 0 Å². The maximum atomic E-state index is 13.2. The van der Waals surface area contributed by atoms with Gasteiger partial charge in [-0.3, -0.25) is 9.59 Å². The third kappa shape index (κ3) is 6.07. The van der Waals surface area contributed by atoms with E-state index in [0.29, 0.717) is 0 Å². The second kappa shape index (κ2) is 11.6. The molecule has 6 atom stereocenters. The molecule has 36 heavy (non-hydrogen) atoms. The van der Waals surface area contributed by atoms with Gasteiger partial charge in [0, 0.05) is 6.42 Å². The van der Waals surface area contributed by atoms with Crippen LogP contribution in [0.3, 0.4) is 0 Å². The molecule has 1 unspecified atom stereocenters. The van der Waals surface area contributed by atoms with E-state index in [2.05, 4.69) is 10.6 Å². The molecular weight excluding hydrogens is 464 g/mol. The molecule has 1 saturated heterocycles. The van der Waals surface area contributed by atoms with Crippen molar-refractivity contribution < 1.29 is 34.8 Å². The monoisotopic (exact) mass is 494 g/mol. The molecule has 0 spiro atoms. The van der Waals surface area contributed by atoms with E-state index in [1.807, 2.05) is 72.8 Å². The Morgan fingerprint density at radius 3 is 2.28 bits per heavy atom. The highest BCUT2D eigenvalue weighted by atomic mass is 16.6. The number of aliphatic hydroxyl groups excluding tert-OH is 4. The number of fused-ring (bicyclic) bond motifs is 1. The highest BCUT2D eigenvalue weighted by Crippen LogP contribution is 2.20. The van der Waals surface area contributed by atoms with E-state index in [4.69, 9.17) is 4.74 Å². The lowest BCUT2D eigenvalue weighted by Gasteiger charge is -2.40. The predicted octanol–water partition coefficient (Wildman–Crippen LogP) is 0.0259. The summed E-state index contributed by atoms with van der Waals surface area (Å²) < 4.78 is 5.12. The van der Waals surface area contributed by atoms with Crippen molar-refractivity contribution in [2.24, 2.45) is 0 Å². The highest BCUT2D eigenvalue weighted by Gasteiger charge is 2.44. The lowest BCUT2D eigenvalue weighted by atomic mass is 9.96. The SMILES string of the molecule is O=C(Cc1ccc2ccccc2c1)N[C@@H](Cc1ccccc1)C(=O)N[C@H]1C(O)O[C@H](CO)[C@@H](O)[C@@H]1O. The average Bonchev–Trinajstić information content (AvgIpc) is 2.88. The molecule has 1 fully saturated rings. The summed E-state index contributed by atoms with van der Waals surface area (Å²) >= 11 is 0. The number of ether oxygens (including phenoxy) is 1. The Kier molecular flexibility index (Phi) is 8.29. The zero-order valence-corrected chi connectivity index (χ0v) is 19.5. The molecule has 9 heteroatoms. The second-order valence-electron chi connectivity index (χ2n) is 8.93. The van der Waals surface area contributed by atoms with Crippen LogP contribution in [0.25, 0.3) is 10.8 Å². The topological polar surface area (TPSA) is 148 Å². The van der Waals surface area contributed by atoms with Crippen molar-refractivity contribution in [3.8, 4) is 0 Å². The van der Waals surface area contributed by atoms with Crippen LogP contribution in [0.1, 0.15) is 11.1 Å². The van der Waals surface area contributed by atoms with Gasteiger partial charge >= 0.3 is 0 Å². The molecular formula is C27H30N2O7. The zero-order chi connectivity index (χ0) is 25.7. The molecule has 3 aromatic carbocycles. The zero-order valence-electron chi connectivity index (χ0n) is 19.5. The van der Waals surface area contributed by atoms with Gasteiger partial charge in [-0.25, -0.2) is 0 Å². The Bertz CT molecular complexity index is 1190. The fraction of sp³-hybridized carbons (Fsp3) is 0.333. The maximum absolute atomic E-state index is 13.2. The van der Waals surface area contributed by atoms with Gasteiger partial charge in [-0.05, 0) is 21.9 Å². The first-order valence-corrected chi connectivity index (χ1v) is 11.8. The molecule has 6 N–H and O–H groups in total. The second-order valence-corrected chi connectivity index (χ2v) is 8.93. The van der Waals surface area contributed by atoms with Gasteiger partial charge in [0.1, 0.15) is 30.4 Å². The van der Waals surface area contributed by atoms with Crippen LogP contribution < -0.4 is 10.6 Å². The number of nitrogens with one attached hydrogen (secondary N) is 2. The Morgan fingerprint density at radius 1 is 0.861 bits per heavy atom. The standard InChI is InChI=1S/C27H30N2O7/c30-15-21-24(32)25(33)23(27(35)36-21)29-26(34)20(13-16-6-2-1-3-7-16)28-22(31)14-17-10-11-18-8-4-5-9-19(18)12-17/h1-12,20-21,23-25,27,30,32-33,35H,13-15H2,(H,28,31)(H,29,34)/t20-,21+,23+,24+,25+,27?/m0/s1. The van der Waals surface area contributed by atoms with E-state index in [1.165, 1.54) is 0 Å². The number of hydrogen-bond donors (Lipinski definition) is 6. The molecule has 1 heterocycles. The summed E-state index contributed by atoms with van der Waals surface area (Å²) in [6.45, 7) is -0.614. The van der Waals surface area contributed by atoms with E-state index in [-0.39, 0.29) is 18.7 Å². The summed E-state index contributed by atoms with van der Waals surface area (Å²) in [5.41, 5.74) is 1.58. The molecule has 2 amide bonds. The summed E-state index contributed by atoms with van der Waals surface area (Å²) in [6, 6.07) is 20.2. The van der Waals surface area contributed by atoms with Crippen LogP contribution in [0.15, 0.2) is 72.8 Å². The van der Waals surface area contributed by atoms with Crippen molar-refractivity contribution in [1.29, 1.82) is 0 Å². The van der Waals surface area contributed by atoms with Gasteiger partial charge in [0.25, 0.3) is 0 Å². The van der Waals surface area contributed by atoms with E-state index in [0.717, 1.165) is 21.9 Å². The van der Waals surface area contributed by atoms with Gasteiger partial charge < -0.3 is 35.8 Å². The first kappa shape index (κ1) is 25.7. The summed E-state index contributed by atoms with van der Waals surface area (Å²) in [4.78, 5) is 26.1. The maximum Gasteiger partial charge on any atom is 0.243 e. The van der Waals surface area contributed by atoms with Gasteiger partial charge in [-0.2, -0.15) is 0 Å². The van der Waals surface area contributed by atoms with Crippen LogP contribution in [0.2, 0.25) is 0 Å². The number of carbonyl (C=O) groups is 2. The summed E-state index contributed by atoms with van der Waals surface area (Å²) in [7, 11) is 0. The molecule has 9 nitrogen and oxygen atoms in total. The van der Waals surface area contributed by atoms with Gasteiger partial charge in [0.2, 0.25) is 11.8 Å². The Hall–Kier alpha value is -3.34. The molecule has 0 radical (unpaired) electrons. The fourth-order valence-electron chi connectivity index (χ4n) is 4.36. The van der Waals surface area contributed by atoms with Gasteiger partial charge in [-0.15, -0.1) is 0 Å². The largest absolute Gasteiger partial charge is 0.394 e. The van der Waals surface area contributed by atoms with Crippen LogP contribution >= 0.6 is 0 Å². The van der Waals surface area contributed by atoms with Crippen LogP contribution in [-0.2, 0) is 27.2 Å². The minimum Gasteiger partial charge on any atom is -0.394 e. The van der Waals surface area contributed by atoms with E-state index in [1.54, 1.807) is 0 Å². The van der Waals surface area contributed by atoms with E-state index < -0.39 is 49.2 Å². The van der Waals surface area contributed by atoms with Crippen molar-refractivity contribution in [2.75, 3.05) is 6.61 Å². The molecule has 0 bridgehead atoms. The Labute approximate surface area is 208 Å². The number of rotatable bonds is 8. The van der Waals surface area contributed by atoms with E-state index in [9.17, 15) is 30.0 Å². The van der Waals surface area contributed by atoms with Crippen molar-refractivity contribution in [3.05, 3.63) is 83.9 Å². The minimum absolute atomic E-state index is 0.0537. The van der Waals surface area contributed by atoms with E-state index >= 15 is 0 Å². The van der Waals surface area contributed by atoms with Crippen LogP contribution in [0, 0.1) is 0 Å². The van der Waals surface area contributed by atoms with Crippen molar-refractivity contribution in [3.63, 3.8) is 0 Å². The molecule has 190 valence electrons. The molecule has 0 aromatic heterocycles. The summed E-state index contributed by atoms with van der Waals surface area (Å²) in [5, 5.41) is 47.3. The summed E-state index contributed by atoms with van der Waals surface area (Å²) in [6.07, 6.45) is -5.73. The normalized spacial score (nSPS) is 24.7. The molecule has 4 rings (SSSR count). The minimum atomic E-state index is -1.66. The fourth-order valence-corrected chi connectivity index (χ4v) is 4.36. The quantitative estimate of drug-likeness (QED) is 0.259. The van der Waals surface area contributed by atoms with Crippen molar-refractivity contribution in [2.45, 2.75) is 49.5 Å². The molecule has 3 aromatic rings. The molecule has 1 aliphatic rings. The lowest BCUT2D eigenvalue weighted by Crippen LogP contribution is -2.65. The van der Waals surface area contributed by atoms with Gasteiger partial charge in [0.05, 0.1) is 13.0 Å². The number of benzene rings is 3. The van der Waals surface area contributed by atoms with Gasteiger partial charge in [0.15, 0.2) is 6.29 Å². The summed E-state index contributed by atoms with van der Waals surface area (Å²) in [5.74, 6) is -1.03.